The van der Waals surface area contributed by atoms with Gasteiger partial charge < -0.3 is 4.57 Å². The summed E-state index contributed by atoms with van der Waals surface area (Å²) in [5.74, 6) is 2.22. The number of hydrogen-bond acceptors (Lipinski definition) is 1. The monoisotopic (exact) mass is 264 g/mol. The van der Waals surface area contributed by atoms with Crippen LogP contribution in [0.4, 0.5) is 0 Å². The van der Waals surface area contributed by atoms with Gasteiger partial charge in [-0.1, -0.05) is 26.0 Å². The van der Waals surface area contributed by atoms with Crippen LogP contribution < -0.4 is 0 Å². The lowest BCUT2D eigenvalue weighted by atomic mass is 10.1. The first-order valence-corrected chi connectivity index (χ1v) is 7.17. The molecule has 1 aromatic carbocycles. The first kappa shape index (κ1) is 13.4. The summed E-state index contributed by atoms with van der Waals surface area (Å²) in [5.41, 5.74) is 3.54. The highest BCUT2D eigenvalue weighted by Crippen LogP contribution is 2.21. The van der Waals surface area contributed by atoms with Crippen molar-refractivity contribution >= 4 is 22.6 Å². The molecule has 2 rings (SSSR count). The van der Waals surface area contributed by atoms with Crippen LogP contribution >= 0.6 is 11.6 Å². The van der Waals surface area contributed by atoms with Gasteiger partial charge in [-0.05, 0) is 37.3 Å². The van der Waals surface area contributed by atoms with Crippen molar-refractivity contribution in [2.24, 2.45) is 5.92 Å². The van der Waals surface area contributed by atoms with Gasteiger partial charge in [0.25, 0.3) is 0 Å². The van der Waals surface area contributed by atoms with E-state index in [1.54, 1.807) is 0 Å². The molecule has 1 aromatic heterocycles. The van der Waals surface area contributed by atoms with Crippen molar-refractivity contribution < 1.29 is 0 Å². The molecule has 0 amide bonds. The number of alkyl halides is 1. The predicted octanol–water partition coefficient (Wildman–Crippen LogP) is 4.52. The molecule has 98 valence electrons. The standard InChI is InChI=1S/C15H21ClN2/c1-11(2)6-5-9-18-13-8-4-7-12(3)15(13)17-14(18)10-16/h4,7-8,11H,5-6,9-10H2,1-3H3. The van der Waals surface area contributed by atoms with Crippen molar-refractivity contribution in [3.8, 4) is 0 Å². The van der Waals surface area contributed by atoms with Gasteiger partial charge in [0.15, 0.2) is 0 Å². The van der Waals surface area contributed by atoms with Crippen molar-refractivity contribution in [1.29, 1.82) is 0 Å². The maximum atomic E-state index is 6.01. The molecule has 0 aliphatic carbocycles. The summed E-state index contributed by atoms with van der Waals surface area (Å²) in [4.78, 5) is 4.66. The Bertz CT molecular complexity index is 529. The quantitative estimate of drug-likeness (QED) is 0.726. The number of aromatic nitrogens is 2. The van der Waals surface area contributed by atoms with E-state index in [0.717, 1.165) is 23.8 Å². The number of benzene rings is 1. The van der Waals surface area contributed by atoms with Crippen LogP contribution in [0.2, 0.25) is 0 Å². The highest BCUT2D eigenvalue weighted by atomic mass is 35.5. The zero-order valence-electron chi connectivity index (χ0n) is 11.4. The molecule has 0 N–H and O–H groups in total. The second kappa shape index (κ2) is 5.75. The van der Waals surface area contributed by atoms with Crippen LogP contribution in [-0.2, 0) is 12.4 Å². The van der Waals surface area contributed by atoms with Gasteiger partial charge in [0.1, 0.15) is 5.82 Å². The van der Waals surface area contributed by atoms with E-state index in [1.165, 1.54) is 23.9 Å². The number of imidazole rings is 1. The highest BCUT2D eigenvalue weighted by Gasteiger charge is 2.11. The van der Waals surface area contributed by atoms with Crippen LogP contribution in [0.25, 0.3) is 11.0 Å². The first-order valence-electron chi connectivity index (χ1n) is 6.64. The third-order valence-corrected chi connectivity index (χ3v) is 3.58. The summed E-state index contributed by atoms with van der Waals surface area (Å²) >= 11 is 6.01. The van der Waals surface area contributed by atoms with Gasteiger partial charge in [0, 0.05) is 6.54 Å². The second-order valence-electron chi connectivity index (χ2n) is 5.29. The summed E-state index contributed by atoms with van der Waals surface area (Å²) in [5, 5.41) is 0. The van der Waals surface area contributed by atoms with Gasteiger partial charge in [0.05, 0.1) is 16.9 Å². The lowest BCUT2D eigenvalue weighted by Gasteiger charge is -2.09. The third-order valence-electron chi connectivity index (χ3n) is 3.34. The SMILES string of the molecule is Cc1cccc2c1nc(CCl)n2CCCC(C)C. The van der Waals surface area contributed by atoms with Gasteiger partial charge in [-0.15, -0.1) is 11.6 Å². The van der Waals surface area contributed by atoms with Crippen LogP contribution in [0.15, 0.2) is 18.2 Å². The molecule has 0 radical (unpaired) electrons. The number of halogens is 1. The summed E-state index contributed by atoms with van der Waals surface area (Å²) in [7, 11) is 0. The Morgan fingerprint density at radius 3 is 2.78 bits per heavy atom. The largest absolute Gasteiger partial charge is 0.327 e. The fourth-order valence-corrected chi connectivity index (χ4v) is 2.55. The van der Waals surface area contributed by atoms with E-state index in [9.17, 15) is 0 Å². The Balaban J connectivity index is 2.32. The normalized spacial score (nSPS) is 11.6. The predicted molar refractivity (Wildman–Crippen MR) is 78.1 cm³/mol. The molecule has 0 atom stereocenters. The smallest absolute Gasteiger partial charge is 0.124 e. The van der Waals surface area contributed by atoms with Crippen molar-refractivity contribution in [3.63, 3.8) is 0 Å². The van der Waals surface area contributed by atoms with Crippen LogP contribution in [0.5, 0.6) is 0 Å². The topological polar surface area (TPSA) is 17.8 Å². The van der Waals surface area contributed by atoms with Gasteiger partial charge >= 0.3 is 0 Å². The average Bonchev–Trinajstić information content (AvgIpc) is 2.69. The molecule has 0 fully saturated rings. The number of rotatable bonds is 5. The summed E-state index contributed by atoms with van der Waals surface area (Å²) in [6.07, 6.45) is 2.42. The van der Waals surface area contributed by atoms with E-state index >= 15 is 0 Å². The number of aryl methyl sites for hydroxylation is 2. The minimum atomic E-state index is 0.482. The van der Waals surface area contributed by atoms with Gasteiger partial charge in [-0.2, -0.15) is 0 Å². The Morgan fingerprint density at radius 2 is 2.11 bits per heavy atom. The Morgan fingerprint density at radius 1 is 1.33 bits per heavy atom. The van der Waals surface area contributed by atoms with Crippen LogP contribution in [0.1, 0.15) is 38.1 Å². The van der Waals surface area contributed by atoms with Crippen molar-refractivity contribution in [1.82, 2.24) is 9.55 Å². The number of para-hydroxylation sites is 1. The molecule has 0 bridgehead atoms. The van der Waals surface area contributed by atoms with Gasteiger partial charge in [-0.3, -0.25) is 0 Å². The maximum Gasteiger partial charge on any atom is 0.124 e. The van der Waals surface area contributed by atoms with E-state index in [2.05, 4.69) is 48.5 Å². The first-order chi connectivity index (χ1) is 8.63. The summed E-state index contributed by atoms with van der Waals surface area (Å²) in [6, 6.07) is 6.34. The van der Waals surface area contributed by atoms with E-state index in [0.29, 0.717) is 5.88 Å². The number of fused-ring (bicyclic) bond motifs is 1. The van der Waals surface area contributed by atoms with E-state index < -0.39 is 0 Å². The highest BCUT2D eigenvalue weighted by molar-refractivity contribution is 6.16. The van der Waals surface area contributed by atoms with E-state index in [-0.39, 0.29) is 0 Å². The molecular weight excluding hydrogens is 244 g/mol. The molecule has 18 heavy (non-hydrogen) atoms. The molecule has 2 nitrogen and oxygen atoms in total. The molecule has 0 aliphatic heterocycles. The third kappa shape index (κ3) is 2.69. The van der Waals surface area contributed by atoms with E-state index in [4.69, 9.17) is 11.6 Å². The van der Waals surface area contributed by atoms with E-state index in [1.807, 2.05) is 0 Å². The molecule has 2 aromatic rings. The molecule has 0 unspecified atom stereocenters. The van der Waals surface area contributed by atoms with Crippen molar-refractivity contribution in [2.75, 3.05) is 0 Å². The molecule has 0 saturated heterocycles. The molecule has 1 heterocycles. The average molecular weight is 265 g/mol. The summed E-state index contributed by atoms with van der Waals surface area (Å²) < 4.78 is 2.28. The minimum absolute atomic E-state index is 0.482. The molecule has 0 spiro atoms. The lowest BCUT2D eigenvalue weighted by molar-refractivity contribution is 0.512. The fourth-order valence-electron chi connectivity index (χ4n) is 2.34. The molecule has 0 aliphatic rings. The molecular formula is C15H21ClN2. The van der Waals surface area contributed by atoms with Crippen LogP contribution in [0, 0.1) is 12.8 Å². The lowest BCUT2D eigenvalue weighted by Crippen LogP contribution is -2.03. The number of nitrogens with zero attached hydrogens (tertiary/aromatic N) is 2. The maximum absolute atomic E-state index is 6.01. The Hall–Kier alpha value is -1.02. The van der Waals surface area contributed by atoms with Crippen molar-refractivity contribution in [3.05, 3.63) is 29.6 Å². The Labute approximate surface area is 114 Å². The summed E-state index contributed by atoms with van der Waals surface area (Å²) in [6.45, 7) is 7.64. The van der Waals surface area contributed by atoms with Crippen molar-refractivity contribution in [2.45, 2.75) is 46.0 Å². The van der Waals surface area contributed by atoms with Crippen LogP contribution in [0.3, 0.4) is 0 Å². The minimum Gasteiger partial charge on any atom is -0.327 e. The fraction of sp³-hybridized carbons (Fsp3) is 0.533. The zero-order valence-corrected chi connectivity index (χ0v) is 12.2. The van der Waals surface area contributed by atoms with Gasteiger partial charge in [0.2, 0.25) is 0 Å². The molecule has 3 heteroatoms. The molecule has 0 saturated carbocycles. The second-order valence-corrected chi connectivity index (χ2v) is 5.56. The van der Waals surface area contributed by atoms with Gasteiger partial charge in [-0.25, -0.2) is 4.98 Å². The Kier molecular flexibility index (Phi) is 4.28. The number of hydrogen-bond donors (Lipinski definition) is 0. The van der Waals surface area contributed by atoms with Crippen LogP contribution in [-0.4, -0.2) is 9.55 Å². The zero-order chi connectivity index (χ0) is 13.1.